The standard InChI is InChI=1S/C19H23NO2/c1-3-22-18(21)17(20-2)19(12-14-8-5-4-6-9-14)13-15-10-7-11-16(15)19/h4-6,8-9,15-17H,3,7,10-13H2,1H3/t15-,16-,17?,19+/m1/s1. The summed E-state index contributed by atoms with van der Waals surface area (Å²) in [4.78, 5) is 16.1. The van der Waals surface area contributed by atoms with Crippen molar-refractivity contribution in [3.63, 3.8) is 0 Å². The molecule has 0 aliphatic heterocycles. The van der Waals surface area contributed by atoms with Crippen molar-refractivity contribution in [3.05, 3.63) is 47.3 Å². The second-order valence-corrected chi connectivity index (χ2v) is 6.68. The average molecular weight is 297 g/mol. The molecule has 3 nitrogen and oxygen atoms in total. The van der Waals surface area contributed by atoms with Crippen LogP contribution in [0.15, 0.2) is 30.3 Å². The Morgan fingerprint density at radius 3 is 2.82 bits per heavy atom. The van der Waals surface area contributed by atoms with Gasteiger partial charge in [-0.2, -0.15) is 0 Å². The van der Waals surface area contributed by atoms with Crippen LogP contribution in [0.1, 0.15) is 38.2 Å². The highest BCUT2D eigenvalue weighted by atomic mass is 16.5. The van der Waals surface area contributed by atoms with Crippen LogP contribution < -0.4 is 0 Å². The Balaban J connectivity index is 1.90. The van der Waals surface area contributed by atoms with Crippen LogP contribution in [0.25, 0.3) is 4.85 Å². The quantitative estimate of drug-likeness (QED) is 0.610. The molecule has 0 spiro atoms. The Morgan fingerprint density at radius 2 is 2.18 bits per heavy atom. The summed E-state index contributed by atoms with van der Waals surface area (Å²) in [7, 11) is 0. The van der Waals surface area contributed by atoms with Gasteiger partial charge in [0.25, 0.3) is 0 Å². The molecule has 0 bridgehead atoms. The van der Waals surface area contributed by atoms with Gasteiger partial charge in [0.05, 0.1) is 12.0 Å². The highest BCUT2D eigenvalue weighted by molar-refractivity contribution is 5.79. The maximum Gasteiger partial charge on any atom is 0.390 e. The predicted octanol–water partition coefficient (Wildman–Crippen LogP) is 3.89. The molecule has 22 heavy (non-hydrogen) atoms. The number of carbonyl (C=O) groups is 1. The third kappa shape index (κ3) is 2.41. The summed E-state index contributed by atoms with van der Waals surface area (Å²) in [6.45, 7) is 9.76. The van der Waals surface area contributed by atoms with Gasteiger partial charge in [0.1, 0.15) is 0 Å². The molecular formula is C19H23NO2. The Morgan fingerprint density at radius 1 is 1.41 bits per heavy atom. The van der Waals surface area contributed by atoms with E-state index in [2.05, 4.69) is 17.0 Å². The zero-order valence-electron chi connectivity index (χ0n) is 13.1. The number of hydrogen-bond donors (Lipinski definition) is 0. The van der Waals surface area contributed by atoms with E-state index in [9.17, 15) is 4.79 Å². The molecule has 2 aliphatic carbocycles. The van der Waals surface area contributed by atoms with Gasteiger partial charge >= 0.3 is 12.0 Å². The zero-order chi connectivity index (χ0) is 15.6. The van der Waals surface area contributed by atoms with Gasteiger partial charge in [0, 0.05) is 0 Å². The van der Waals surface area contributed by atoms with E-state index in [-0.39, 0.29) is 11.4 Å². The summed E-state index contributed by atoms with van der Waals surface area (Å²) in [5.74, 6) is 0.900. The lowest BCUT2D eigenvalue weighted by molar-refractivity contribution is -0.153. The topological polar surface area (TPSA) is 30.7 Å². The molecule has 2 saturated carbocycles. The molecule has 4 atom stereocenters. The van der Waals surface area contributed by atoms with Gasteiger partial charge < -0.3 is 9.58 Å². The maximum atomic E-state index is 12.4. The fraction of sp³-hybridized carbons (Fsp3) is 0.579. The van der Waals surface area contributed by atoms with Crippen molar-refractivity contribution in [1.82, 2.24) is 0 Å². The molecule has 0 N–H and O–H groups in total. The van der Waals surface area contributed by atoms with E-state index in [4.69, 9.17) is 11.3 Å². The van der Waals surface area contributed by atoms with Gasteiger partial charge in [0.2, 0.25) is 0 Å². The monoisotopic (exact) mass is 297 g/mol. The molecule has 3 heteroatoms. The summed E-state index contributed by atoms with van der Waals surface area (Å²) in [5, 5.41) is 0. The van der Waals surface area contributed by atoms with E-state index < -0.39 is 6.04 Å². The van der Waals surface area contributed by atoms with Crippen LogP contribution in [0.4, 0.5) is 0 Å². The number of nitrogens with zero attached hydrogens (tertiary/aromatic N) is 1. The van der Waals surface area contributed by atoms with Gasteiger partial charge in [-0.3, -0.25) is 0 Å². The van der Waals surface area contributed by atoms with Crippen molar-refractivity contribution in [2.24, 2.45) is 17.3 Å². The number of esters is 1. The van der Waals surface area contributed by atoms with E-state index in [0.717, 1.165) is 19.3 Å². The molecule has 3 rings (SSSR count). The minimum absolute atomic E-state index is 0.212. The smallest absolute Gasteiger partial charge is 0.390 e. The Bertz CT molecular complexity index is 577. The van der Waals surface area contributed by atoms with Crippen LogP contribution in [0.3, 0.4) is 0 Å². The van der Waals surface area contributed by atoms with Gasteiger partial charge in [-0.1, -0.05) is 43.2 Å². The molecule has 0 aromatic heterocycles. The molecule has 0 saturated heterocycles. The maximum absolute atomic E-state index is 12.4. The number of carbonyl (C=O) groups excluding carboxylic acids is 1. The van der Waals surface area contributed by atoms with Crippen LogP contribution in [-0.4, -0.2) is 18.6 Å². The molecule has 0 heterocycles. The SMILES string of the molecule is [C-]#[N+]C(C(=O)OCC)[C@@]1(Cc2ccccc2)C[C@H]2CCC[C@H]21. The van der Waals surface area contributed by atoms with E-state index in [1.165, 1.54) is 18.4 Å². The second-order valence-electron chi connectivity index (χ2n) is 6.68. The van der Waals surface area contributed by atoms with Crippen molar-refractivity contribution < 1.29 is 9.53 Å². The first-order chi connectivity index (χ1) is 10.7. The van der Waals surface area contributed by atoms with Crippen molar-refractivity contribution in [2.45, 2.75) is 45.1 Å². The first-order valence-electron chi connectivity index (χ1n) is 8.28. The molecule has 0 radical (unpaired) electrons. The van der Waals surface area contributed by atoms with E-state index in [1.807, 2.05) is 25.1 Å². The van der Waals surface area contributed by atoms with Gasteiger partial charge in [-0.15, -0.1) is 0 Å². The van der Waals surface area contributed by atoms with Crippen LogP contribution in [-0.2, 0) is 16.0 Å². The number of hydrogen-bond acceptors (Lipinski definition) is 2. The van der Waals surface area contributed by atoms with Gasteiger partial charge in [-0.05, 0) is 43.6 Å². The van der Waals surface area contributed by atoms with E-state index in [0.29, 0.717) is 18.4 Å². The lowest BCUT2D eigenvalue weighted by Gasteiger charge is -2.51. The molecule has 2 fully saturated rings. The van der Waals surface area contributed by atoms with Crippen LogP contribution in [0.2, 0.25) is 0 Å². The molecule has 0 amide bonds. The van der Waals surface area contributed by atoms with E-state index in [1.54, 1.807) is 0 Å². The summed E-state index contributed by atoms with van der Waals surface area (Å²) < 4.78 is 5.21. The summed E-state index contributed by atoms with van der Waals surface area (Å²) in [5.41, 5.74) is 1.02. The molecule has 1 aromatic carbocycles. The average Bonchev–Trinajstić information content (AvgIpc) is 2.90. The van der Waals surface area contributed by atoms with Gasteiger partial charge in [0.15, 0.2) is 0 Å². The zero-order valence-corrected chi connectivity index (χ0v) is 13.1. The van der Waals surface area contributed by atoms with Crippen molar-refractivity contribution in [2.75, 3.05) is 6.61 Å². The molecule has 2 aliphatic rings. The number of benzene rings is 1. The third-order valence-corrected chi connectivity index (χ3v) is 5.60. The van der Waals surface area contributed by atoms with Crippen LogP contribution >= 0.6 is 0 Å². The van der Waals surface area contributed by atoms with Gasteiger partial charge in [-0.25, -0.2) is 11.4 Å². The number of fused-ring (bicyclic) bond motifs is 1. The lowest BCUT2D eigenvalue weighted by Crippen LogP contribution is -2.56. The summed E-state index contributed by atoms with van der Waals surface area (Å²) in [6, 6.07) is 9.64. The van der Waals surface area contributed by atoms with Crippen LogP contribution in [0.5, 0.6) is 0 Å². The number of rotatable bonds is 5. The second kappa shape index (κ2) is 6.12. The molecule has 116 valence electrons. The Kier molecular flexibility index (Phi) is 4.20. The predicted molar refractivity (Wildman–Crippen MR) is 85.1 cm³/mol. The highest BCUT2D eigenvalue weighted by Gasteiger charge is 2.64. The Hall–Kier alpha value is -1.82. The van der Waals surface area contributed by atoms with Crippen molar-refractivity contribution in [1.29, 1.82) is 0 Å². The minimum Gasteiger partial charge on any atom is -0.460 e. The summed E-state index contributed by atoms with van der Waals surface area (Å²) in [6.07, 6.45) is 5.47. The number of ether oxygens (including phenoxy) is 1. The fourth-order valence-electron chi connectivity index (χ4n) is 4.74. The third-order valence-electron chi connectivity index (χ3n) is 5.60. The fourth-order valence-corrected chi connectivity index (χ4v) is 4.74. The largest absolute Gasteiger partial charge is 0.460 e. The molecule has 1 unspecified atom stereocenters. The normalized spacial score (nSPS) is 30.7. The first kappa shape index (κ1) is 15.1. The summed E-state index contributed by atoms with van der Waals surface area (Å²) >= 11 is 0. The molecular weight excluding hydrogens is 274 g/mol. The highest BCUT2D eigenvalue weighted by Crippen LogP contribution is 2.62. The first-order valence-corrected chi connectivity index (χ1v) is 8.28. The van der Waals surface area contributed by atoms with Crippen LogP contribution in [0, 0.1) is 23.8 Å². The minimum atomic E-state index is -0.646. The molecule has 1 aromatic rings. The van der Waals surface area contributed by atoms with Crippen molar-refractivity contribution >= 4 is 5.97 Å². The van der Waals surface area contributed by atoms with Crippen molar-refractivity contribution in [3.8, 4) is 0 Å². The Labute approximate surface area is 132 Å². The lowest BCUT2D eigenvalue weighted by atomic mass is 9.50. The van der Waals surface area contributed by atoms with E-state index >= 15 is 0 Å².